The van der Waals surface area contributed by atoms with E-state index in [0.717, 1.165) is 18.4 Å². The standard InChI is InChI=1S/C29H26F3N3O4/c1-15-7-18-10-19(15)24-13-34-12-21(28(37)33-11-20-22(31)8-17(30)9-23(20)32)26(36)27(25(34)29(38)35(18)24)39-14-16-5-3-2-4-6-16/h2-6,8-9,12,15,18-19,24H,7,10-11,13-14H2,1H3,(H,33,37)/t15-,18+,19+,24-/m1/s1. The quantitative estimate of drug-likeness (QED) is 0.515. The number of nitrogens with one attached hydrogen (secondary N) is 1. The van der Waals surface area contributed by atoms with Gasteiger partial charge in [0, 0.05) is 43.0 Å². The minimum Gasteiger partial charge on any atom is -0.483 e. The summed E-state index contributed by atoms with van der Waals surface area (Å²) >= 11 is 0. The Morgan fingerprint density at radius 2 is 1.79 bits per heavy atom. The number of aromatic nitrogens is 1. The molecule has 3 aromatic rings. The molecule has 0 spiro atoms. The summed E-state index contributed by atoms with van der Waals surface area (Å²) in [5, 5.41) is 2.35. The molecule has 1 aromatic heterocycles. The lowest BCUT2D eigenvalue weighted by molar-refractivity contribution is 0.0413. The van der Waals surface area contributed by atoms with Crippen molar-refractivity contribution in [3.05, 3.63) is 98.7 Å². The van der Waals surface area contributed by atoms with Gasteiger partial charge in [-0.05, 0) is 30.2 Å². The highest BCUT2D eigenvalue weighted by Crippen LogP contribution is 2.49. The van der Waals surface area contributed by atoms with Crippen LogP contribution in [-0.4, -0.2) is 33.4 Å². The number of nitrogens with zero attached hydrogens (tertiary/aromatic N) is 2. The van der Waals surface area contributed by atoms with Crippen molar-refractivity contribution in [3.63, 3.8) is 0 Å². The van der Waals surface area contributed by atoms with Gasteiger partial charge in [0.05, 0.1) is 6.04 Å². The smallest absolute Gasteiger partial charge is 0.275 e. The van der Waals surface area contributed by atoms with Gasteiger partial charge in [0.25, 0.3) is 11.8 Å². The van der Waals surface area contributed by atoms with E-state index in [1.165, 1.54) is 6.20 Å². The third kappa shape index (κ3) is 4.27. The molecule has 2 aromatic carbocycles. The average Bonchev–Trinajstić information content (AvgIpc) is 3.45. The Kier molecular flexibility index (Phi) is 6.20. The Balaban J connectivity index is 1.36. The topological polar surface area (TPSA) is 80.6 Å². The number of piperidine rings is 1. The second-order valence-electron chi connectivity index (χ2n) is 10.6. The molecule has 0 unspecified atom stereocenters. The summed E-state index contributed by atoms with van der Waals surface area (Å²) in [6.07, 6.45) is 3.14. The molecule has 0 radical (unpaired) electrons. The maximum Gasteiger partial charge on any atom is 0.275 e. The average molecular weight is 538 g/mol. The maximum atomic E-state index is 14.1. The summed E-state index contributed by atoms with van der Waals surface area (Å²) in [5.41, 5.74) is -0.783. The summed E-state index contributed by atoms with van der Waals surface area (Å²) in [5.74, 6) is -4.03. The minimum absolute atomic E-state index is 0.0000491. The molecule has 6 rings (SSSR count). The Morgan fingerprint density at radius 1 is 1.08 bits per heavy atom. The number of rotatable bonds is 6. The molecular formula is C29H26F3N3O4. The Bertz CT molecular complexity index is 1520. The molecule has 1 N–H and O–H groups in total. The van der Waals surface area contributed by atoms with E-state index < -0.39 is 40.9 Å². The van der Waals surface area contributed by atoms with Gasteiger partial charge in [-0.15, -0.1) is 0 Å². The lowest BCUT2D eigenvalue weighted by Gasteiger charge is -2.42. The van der Waals surface area contributed by atoms with E-state index in [1.807, 2.05) is 35.2 Å². The van der Waals surface area contributed by atoms with Crippen molar-refractivity contribution in [3.8, 4) is 5.75 Å². The van der Waals surface area contributed by atoms with Crippen LogP contribution in [-0.2, 0) is 19.7 Å². The predicted molar refractivity (Wildman–Crippen MR) is 135 cm³/mol. The number of hydrogen-bond donors (Lipinski definition) is 1. The summed E-state index contributed by atoms with van der Waals surface area (Å²) in [6.45, 7) is 1.97. The van der Waals surface area contributed by atoms with Gasteiger partial charge in [-0.2, -0.15) is 0 Å². The van der Waals surface area contributed by atoms with Crippen LogP contribution in [0.1, 0.15) is 51.7 Å². The molecule has 1 saturated heterocycles. The van der Waals surface area contributed by atoms with Crippen LogP contribution in [0.4, 0.5) is 13.2 Å². The Hall–Kier alpha value is -4.08. The summed E-state index contributed by atoms with van der Waals surface area (Å²) < 4.78 is 49.0. The highest BCUT2D eigenvalue weighted by molar-refractivity contribution is 5.99. The number of hydrogen-bond acceptors (Lipinski definition) is 4. The van der Waals surface area contributed by atoms with Gasteiger partial charge in [0.15, 0.2) is 11.4 Å². The van der Waals surface area contributed by atoms with E-state index in [9.17, 15) is 27.6 Å². The molecule has 39 heavy (non-hydrogen) atoms. The number of benzene rings is 2. The molecule has 10 heteroatoms. The molecule has 2 bridgehead atoms. The van der Waals surface area contributed by atoms with Gasteiger partial charge < -0.3 is 19.5 Å². The highest BCUT2D eigenvalue weighted by atomic mass is 19.1. The number of fused-ring (bicyclic) bond motifs is 6. The van der Waals surface area contributed by atoms with Crippen molar-refractivity contribution < 1.29 is 27.5 Å². The first-order valence-corrected chi connectivity index (χ1v) is 12.9. The van der Waals surface area contributed by atoms with Gasteiger partial charge in [-0.1, -0.05) is 37.3 Å². The van der Waals surface area contributed by atoms with Crippen molar-refractivity contribution in [1.82, 2.24) is 14.8 Å². The van der Waals surface area contributed by atoms with E-state index in [1.54, 1.807) is 4.57 Å². The van der Waals surface area contributed by atoms with Crippen LogP contribution in [0.3, 0.4) is 0 Å². The zero-order chi connectivity index (χ0) is 27.4. The zero-order valence-corrected chi connectivity index (χ0v) is 21.1. The zero-order valence-electron chi connectivity index (χ0n) is 21.1. The number of ether oxygens (including phenoxy) is 1. The number of carbonyl (C=O) groups is 2. The first-order chi connectivity index (χ1) is 18.7. The monoisotopic (exact) mass is 537 g/mol. The van der Waals surface area contributed by atoms with Crippen LogP contribution >= 0.6 is 0 Å². The van der Waals surface area contributed by atoms with Crippen LogP contribution in [0.25, 0.3) is 0 Å². The fourth-order valence-corrected chi connectivity index (χ4v) is 6.38. The van der Waals surface area contributed by atoms with Gasteiger partial charge in [0.1, 0.15) is 29.6 Å². The van der Waals surface area contributed by atoms with E-state index in [2.05, 4.69) is 12.2 Å². The van der Waals surface area contributed by atoms with Gasteiger partial charge >= 0.3 is 0 Å². The number of halogens is 3. The van der Waals surface area contributed by atoms with E-state index >= 15 is 0 Å². The third-order valence-corrected chi connectivity index (χ3v) is 8.22. The lowest BCUT2D eigenvalue weighted by Crippen LogP contribution is -2.53. The molecule has 3 heterocycles. The van der Waals surface area contributed by atoms with Crippen molar-refractivity contribution in [2.75, 3.05) is 0 Å². The highest BCUT2D eigenvalue weighted by Gasteiger charge is 2.54. The number of carbonyl (C=O) groups excluding carboxylic acids is 2. The fraction of sp³-hybridized carbons (Fsp3) is 0.345. The number of amides is 2. The third-order valence-electron chi connectivity index (χ3n) is 8.22. The van der Waals surface area contributed by atoms with Gasteiger partial charge in [-0.3, -0.25) is 14.4 Å². The first-order valence-electron chi connectivity index (χ1n) is 12.9. The molecule has 4 atom stereocenters. The van der Waals surface area contributed by atoms with Gasteiger partial charge in [-0.25, -0.2) is 13.2 Å². The molecule has 202 valence electrons. The maximum absolute atomic E-state index is 14.1. The normalized spacial score (nSPS) is 23.0. The van der Waals surface area contributed by atoms with Crippen molar-refractivity contribution in [1.29, 1.82) is 0 Å². The predicted octanol–water partition coefficient (Wildman–Crippen LogP) is 4.03. The van der Waals surface area contributed by atoms with Crippen molar-refractivity contribution in [2.24, 2.45) is 11.8 Å². The van der Waals surface area contributed by atoms with Crippen LogP contribution in [0.5, 0.6) is 5.75 Å². The fourth-order valence-electron chi connectivity index (χ4n) is 6.38. The van der Waals surface area contributed by atoms with Crippen molar-refractivity contribution >= 4 is 11.8 Å². The van der Waals surface area contributed by atoms with Crippen molar-refractivity contribution in [2.45, 2.75) is 51.5 Å². The summed E-state index contributed by atoms with van der Waals surface area (Å²) in [6, 6.07) is 10.2. The summed E-state index contributed by atoms with van der Waals surface area (Å²) in [4.78, 5) is 42.3. The molecule has 1 saturated carbocycles. The molecule has 2 fully saturated rings. The minimum atomic E-state index is -1.15. The van der Waals surface area contributed by atoms with E-state index in [4.69, 9.17) is 4.74 Å². The Labute approximate surface area is 222 Å². The van der Waals surface area contributed by atoms with Crippen LogP contribution in [0, 0.1) is 29.3 Å². The van der Waals surface area contributed by atoms with Crippen LogP contribution in [0.2, 0.25) is 0 Å². The van der Waals surface area contributed by atoms with Gasteiger partial charge in [0.2, 0.25) is 5.43 Å². The molecular weight excluding hydrogens is 511 g/mol. The molecule has 3 aliphatic rings. The lowest BCUT2D eigenvalue weighted by atomic mass is 9.87. The molecule has 2 aliphatic heterocycles. The molecule has 7 nitrogen and oxygen atoms in total. The van der Waals surface area contributed by atoms with Crippen LogP contribution in [0.15, 0.2) is 53.5 Å². The second kappa shape index (κ2) is 9.59. The second-order valence-corrected chi connectivity index (χ2v) is 10.6. The largest absolute Gasteiger partial charge is 0.483 e. The molecule has 1 aliphatic carbocycles. The molecule has 2 amide bonds. The summed E-state index contributed by atoms with van der Waals surface area (Å²) in [7, 11) is 0. The van der Waals surface area contributed by atoms with E-state index in [-0.39, 0.29) is 41.6 Å². The first kappa shape index (κ1) is 25.2. The SMILES string of the molecule is C[C@@H]1C[C@H]2C[C@@H]1[C@H]1Cn3cc(C(=O)NCc4c(F)cc(F)cc4F)c(=O)c(OCc4ccccc4)c3C(=O)N21. The Morgan fingerprint density at radius 3 is 2.51 bits per heavy atom. The van der Waals surface area contributed by atoms with E-state index in [0.29, 0.717) is 30.5 Å². The number of pyridine rings is 1. The van der Waals surface area contributed by atoms with Crippen LogP contribution < -0.4 is 15.5 Å².